The fourth-order valence-corrected chi connectivity index (χ4v) is 1.79. The summed E-state index contributed by atoms with van der Waals surface area (Å²) in [6, 6.07) is 3.63. The Morgan fingerprint density at radius 2 is 2.22 bits per heavy atom. The smallest absolute Gasteiger partial charge is 0.129 e. The van der Waals surface area contributed by atoms with E-state index in [1.165, 1.54) is 0 Å². The standard InChI is InChI=1S/C13H21NO4/c15-11(6-14-7-13(16)10-3-4-10)8-17-9-12-2-1-5-18-12/h1-2,5,10-11,13-16H,3-4,6-9H2. The number of hydrogen-bond acceptors (Lipinski definition) is 5. The van der Waals surface area contributed by atoms with Crippen molar-refractivity contribution >= 4 is 0 Å². The normalized spacial score (nSPS) is 18.8. The van der Waals surface area contributed by atoms with Crippen molar-refractivity contribution in [3.8, 4) is 0 Å². The molecule has 0 aliphatic heterocycles. The molecular formula is C13H21NO4. The zero-order valence-electron chi connectivity index (χ0n) is 10.4. The molecule has 2 atom stereocenters. The third-order valence-corrected chi connectivity index (χ3v) is 3.03. The van der Waals surface area contributed by atoms with Crippen LogP contribution in [0.3, 0.4) is 0 Å². The minimum absolute atomic E-state index is 0.257. The van der Waals surface area contributed by atoms with Gasteiger partial charge in [-0.2, -0.15) is 0 Å². The lowest BCUT2D eigenvalue weighted by Crippen LogP contribution is -2.35. The predicted molar refractivity (Wildman–Crippen MR) is 66.0 cm³/mol. The zero-order valence-corrected chi connectivity index (χ0v) is 10.4. The molecule has 0 amide bonds. The number of aliphatic hydroxyl groups is 2. The van der Waals surface area contributed by atoms with Crippen molar-refractivity contribution in [1.82, 2.24) is 5.32 Å². The number of furan rings is 1. The molecule has 0 saturated heterocycles. The second kappa shape index (κ2) is 6.89. The largest absolute Gasteiger partial charge is 0.467 e. The molecule has 1 saturated carbocycles. The lowest BCUT2D eigenvalue weighted by Gasteiger charge is -2.14. The molecule has 1 aromatic rings. The van der Waals surface area contributed by atoms with Gasteiger partial charge in [0.2, 0.25) is 0 Å². The summed E-state index contributed by atoms with van der Waals surface area (Å²) in [6.07, 6.45) is 3.00. The highest BCUT2D eigenvalue weighted by Crippen LogP contribution is 2.32. The summed E-state index contributed by atoms with van der Waals surface area (Å²) in [4.78, 5) is 0. The van der Waals surface area contributed by atoms with E-state index in [0.29, 0.717) is 25.6 Å². The lowest BCUT2D eigenvalue weighted by molar-refractivity contribution is 0.0210. The molecule has 5 heteroatoms. The summed E-state index contributed by atoms with van der Waals surface area (Å²) in [5.41, 5.74) is 0. The van der Waals surface area contributed by atoms with Crippen LogP contribution in [0.1, 0.15) is 18.6 Å². The molecule has 0 bridgehead atoms. The van der Waals surface area contributed by atoms with Gasteiger partial charge in [0.1, 0.15) is 12.4 Å². The molecule has 18 heavy (non-hydrogen) atoms. The first kappa shape index (κ1) is 13.5. The second-order valence-corrected chi connectivity index (χ2v) is 4.81. The van der Waals surface area contributed by atoms with Crippen molar-refractivity contribution in [2.24, 2.45) is 5.92 Å². The Morgan fingerprint density at radius 3 is 2.89 bits per heavy atom. The molecule has 102 valence electrons. The van der Waals surface area contributed by atoms with E-state index < -0.39 is 6.10 Å². The minimum atomic E-state index is -0.564. The van der Waals surface area contributed by atoms with Crippen LogP contribution in [-0.4, -0.2) is 42.1 Å². The van der Waals surface area contributed by atoms with Gasteiger partial charge in [-0.3, -0.25) is 0 Å². The quantitative estimate of drug-likeness (QED) is 0.600. The van der Waals surface area contributed by atoms with Crippen LogP contribution in [0.15, 0.2) is 22.8 Å². The van der Waals surface area contributed by atoms with E-state index in [1.807, 2.05) is 6.07 Å². The van der Waals surface area contributed by atoms with Crippen molar-refractivity contribution < 1.29 is 19.4 Å². The molecule has 5 nitrogen and oxygen atoms in total. The van der Waals surface area contributed by atoms with Crippen molar-refractivity contribution in [2.75, 3.05) is 19.7 Å². The highest BCUT2D eigenvalue weighted by Gasteiger charge is 2.29. The Bertz CT molecular complexity index is 324. The summed E-state index contributed by atoms with van der Waals surface area (Å²) < 4.78 is 10.4. The fourth-order valence-electron chi connectivity index (χ4n) is 1.79. The molecule has 3 N–H and O–H groups in total. The topological polar surface area (TPSA) is 74.9 Å². The maximum atomic E-state index is 9.65. The minimum Gasteiger partial charge on any atom is -0.467 e. The van der Waals surface area contributed by atoms with Gasteiger partial charge in [0, 0.05) is 13.1 Å². The van der Waals surface area contributed by atoms with Crippen molar-refractivity contribution in [1.29, 1.82) is 0 Å². The maximum absolute atomic E-state index is 9.65. The molecule has 0 spiro atoms. The Kier molecular flexibility index (Phi) is 5.19. The van der Waals surface area contributed by atoms with Crippen molar-refractivity contribution in [3.05, 3.63) is 24.2 Å². The van der Waals surface area contributed by atoms with Gasteiger partial charge in [-0.05, 0) is 30.9 Å². The van der Waals surface area contributed by atoms with E-state index in [9.17, 15) is 10.2 Å². The predicted octanol–water partition coefficient (Wildman–Crippen LogP) is 0.518. The molecular weight excluding hydrogens is 234 g/mol. The molecule has 0 radical (unpaired) electrons. The number of rotatable bonds is 9. The van der Waals surface area contributed by atoms with Crippen LogP contribution in [0.25, 0.3) is 0 Å². The van der Waals surface area contributed by atoms with Gasteiger partial charge in [-0.25, -0.2) is 0 Å². The molecule has 1 aliphatic rings. The van der Waals surface area contributed by atoms with E-state index in [2.05, 4.69) is 5.32 Å². The van der Waals surface area contributed by atoms with Crippen LogP contribution in [0.5, 0.6) is 0 Å². The Balaban J connectivity index is 1.48. The number of nitrogens with one attached hydrogen (secondary N) is 1. The van der Waals surface area contributed by atoms with E-state index in [0.717, 1.165) is 18.6 Å². The lowest BCUT2D eigenvalue weighted by atomic mass is 10.2. The average molecular weight is 255 g/mol. The summed E-state index contributed by atoms with van der Waals surface area (Å²) in [5.74, 6) is 1.21. The molecule has 2 rings (SSSR count). The number of ether oxygens (including phenoxy) is 1. The molecule has 1 heterocycles. The van der Waals surface area contributed by atoms with E-state index in [4.69, 9.17) is 9.15 Å². The first-order valence-corrected chi connectivity index (χ1v) is 6.42. The Labute approximate surface area is 107 Å². The SMILES string of the molecule is OC(CNCC(O)C1CC1)COCc1ccco1. The number of aliphatic hydroxyl groups excluding tert-OH is 2. The van der Waals surface area contributed by atoms with Crippen LogP contribution in [0.2, 0.25) is 0 Å². The summed E-state index contributed by atoms with van der Waals surface area (Å²) in [7, 11) is 0. The summed E-state index contributed by atoms with van der Waals surface area (Å²) in [5, 5.41) is 22.3. The molecule has 2 unspecified atom stereocenters. The first-order valence-electron chi connectivity index (χ1n) is 6.42. The van der Waals surface area contributed by atoms with Crippen LogP contribution >= 0.6 is 0 Å². The molecule has 1 aromatic heterocycles. The average Bonchev–Trinajstić information content (AvgIpc) is 3.08. The highest BCUT2D eigenvalue weighted by molar-refractivity contribution is 4.96. The second-order valence-electron chi connectivity index (χ2n) is 4.81. The molecule has 1 aliphatic carbocycles. The summed E-state index contributed by atoms with van der Waals surface area (Å²) in [6.45, 7) is 1.60. The van der Waals surface area contributed by atoms with Gasteiger partial charge < -0.3 is 24.7 Å². The third kappa shape index (κ3) is 4.78. The maximum Gasteiger partial charge on any atom is 0.129 e. The molecule has 0 aromatic carbocycles. The Morgan fingerprint density at radius 1 is 1.39 bits per heavy atom. The monoisotopic (exact) mass is 255 g/mol. The molecule has 1 fully saturated rings. The van der Waals surface area contributed by atoms with Gasteiger partial charge in [-0.1, -0.05) is 0 Å². The number of hydrogen-bond donors (Lipinski definition) is 3. The van der Waals surface area contributed by atoms with Crippen LogP contribution in [0, 0.1) is 5.92 Å². The fraction of sp³-hybridized carbons (Fsp3) is 0.692. The van der Waals surface area contributed by atoms with E-state index in [1.54, 1.807) is 12.3 Å². The first-order chi connectivity index (χ1) is 8.75. The van der Waals surface area contributed by atoms with Crippen molar-refractivity contribution in [3.63, 3.8) is 0 Å². The van der Waals surface area contributed by atoms with Crippen LogP contribution in [-0.2, 0) is 11.3 Å². The van der Waals surface area contributed by atoms with Gasteiger partial charge in [0.25, 0.3) is 0 Å². The third-order valence-electron chi connectivity index (χ3n) is 3.03. The van der Waals surface area contributed by atoms with Crippen molar-refractivity contribution in [2.45, 2.75) is 31.7 Å². The Hall–Kier alpha value is -0.880. The van der Waals surface area contributed by atoms with Gasteiger partial charge in [0.15, 0.2) is 0 Å². The zero-order chi connectivity index (χ0) is 12.8. The van der Waals surface area contributed by atoms with E-state index in [-0.39, 0.29) is 12.7 Å². The highest BCUT2D eigenvalue weighted by atomic mass is 16.5. The summed E-state index contributed by atoms with van der Waals surface area (Å²) >= 11 is 0. The van der Waals surface area contributed by atoms with Gasteiger partial charge >= 0.3 is 0 Å². The van der Waals surface area contributed by atoms with Gasteiger partial charge in [-0.15, -0.1) is 0 Å². The van der Waals surface area contributed by atoms with Crippen LogP contribution < -0.4 is 5.32 Å². The van der Waals surface area contributed by atoms with Gasteiger partial charge in [0.05, 0.1) is 25.1 Å². The van der Waals surface area contributed by atoms with Crippen LogP contribution in [0.4, 0.5) is 0 Å². The van der Waals surface area contributed by atoms with E-state index >= 15 is 0 Å².